The van der Waals surface area contributed by atoms with E-state index in [0.717, 1.165) is 11.5 Å². The summed E-state index contributed by atoms with van der Waals surface area (Å²) < 4.78 is 0. The molecule has 54 valence electrons. The first-order chi connectivity index (χ1) is 4.70. The molecule has 0 aliphatic carbocycles. The van der Waals surface area contributed by atoms with Gasteiger partial charge in [0.15, 0.2) is 0 Å². The Hall–Kier alpha value is -0.453. The molecule has 0 unspecified atom stereocenters. The Bertz CT molecular complexity index is 216. The largest absolute Gasteiger partial charge is 1.00 e. The van der Waals surface area contributed by atoms with Crippen molar-refractivity contribution in [2.24, 2.45) is 9.98 Å². The molecule has 0 aromatic rings. The molecule has 11 heavy (non-hydrogen) atoms. The SMILES string of the molecule is CC1=NC=C[C-](C)C(C)=N1.[Li+]. The molecule has 0 bridgehead atoms. The van der Waals surface area contributed by atoms with Gasteiger partial charge in [-0.05, 0) is 19.6 Å². The third-order valence-electron chi connectivity index (χ3n) is 1.49. The third-order valence-corrected chi connectivity index (χ3v) is 1.49. The van der Waals surface area contributed by atoms with E-state index in [1.54, 1.807) is 6.20 Å². The van der Waals surface area contributed by atoms with E-state index in [4.69, 9.17) is 0 Å². The van der Waals surface area contributed by atoms with Gasteiger partial charge in [-0.1, -0.05) is 0 Å². The maximum Gasteiger partial charge on any atom is 1.00 e. The van der Waals surface area contributed by atoms with Crippen LogP contribution in [-0.4, -0.2) is 11.5 Å². The number of rotatable bonds is 0. The zero-order chi connectivity index (χ0) is 7.56. The van der Waals surface area contributed by atoms with Crippen LogP contribution in [0.15, 0.2) is 22.3 Å². The van der Waals surface area contributed by atoms with Crippen LogP contribution >= 0.6 is 0 Å². The maximum absolute atomic E-state index is 4.22. The van der Waals surface area contributed by atoms with E-state index in [0.29, 0.717) is 0 Å². The van der Waals surface area contributed by atoms with Gasteiger partial charge in [0.05, 0.1) is 0 Å². The Morgan fingerprint density at radius 3 is 2.64 bits per heavy atom. The van der Waals surface area contributed by atoms with Gasteiger partial charge < -0.3 is 4.99 Å². The minimum Gasteiger partial charge on any atom is -0.339 e. The van der Waals surface area contributed by atoms with Crippen molar-refractivity contribution >= 4 is 11.5 Å². The molecule has 0 aromatic heterocycles. The number of aliphatic imine (C=N–C) groups is 2. The number of nitrogens with zero attached hydrogens (tertiary/aromatic N) is 2. The van der Waals surface area contributed by atoms with Crippen molar-refractivity contribution in [3.8, 4) is 0 Å². The van der Waals surface area contributed by atoms with Gasteiger partial charge in [0.25, 0.3) is 0 Å². The summed E-state index contributed by atoms with van der Waals surface area (Å²) in [5, 5.41) is 0. The monoisotopic (exact) mass is 142 g/mol. The van der Waals surface area contributed by atoms with Crippen molar-refractivity contribution in [2.75, 3.05) is 0 Å². The normalized spacial score (nSPS) is 16.5. The van der Waals surface area contributed by atoms with E-state index >= 15 is 0 Å². The zero-order valence-electron chi connectivity index (χ0n) is 7.55. The summed E-state index contributed by atoms with van der Waals surface area (Å²) >= 11 is 0. The fourth-order valence-electron chi connectivity index (χ4n) is 0.737. The second-order valence-electron chi connectivity index (χ2n) is 2.37. The van der Waals surface area contributed by atoms with Gasteiger partial charge in [0, 0.05) is 0 Å². The van der Waals surface area contributed by atoms with Crippen molar-refractivity contribution in [1.29, 1.82) is 0 Å². The van der Waals surface area contributed by atoms with Crippen LogP contribution in [0.25, 0.3) is 0 Å². The molecule has 3 heteroatoms. The number of amidine groups is 1. The first-order valence-corrected chi connectivity index (χ1v) is 3.30. The van der Waals surface area contributed by atoms with E-state index < -0.39 is 0 Å². The van der Waals surface area contributed by atoms with Crippen molar-refractivity contribution in [2.45, 2.75) is 20.8 Å². The maximum atomic E-state index is 4.22. The molecule has 1 aliphatic rings. The van der Waals surface area contributed by atoms with E-state index in [2.05, 4.69) is 9.98 Å². The van der Waals surface area contributed by atoms with Gasteiger partial charge in [-0.15, -0.1) is 13.1 Å². The number of hydrogen-bond donors (Lipinski definition) is 0. The summed E-state index contributed by atoms with van der Waals surface area (Å²) in [5.41, 5.74) is 1.05. The van der Waals surface area contributed by atoms with Gasteiger partial charge in [0.2, 0.25) is 0 Å². The molecule has 0 fully saturated rings. The molecular weight excluding hydrogens is 131 g/mol. The summed E-state index contributed by atoms with van der Waals surface area (Å²) in [4.78, 5) is 8.28. The predicted octanol–water partition coefficient (Wildman–Crippen LogP) is -1.01. The van der Waals surface area contributed by atoms with Gasteiger partial charge in [-0.2, -0.15) is 5.92 Å². The second-order valence-corrected chi connectivity index (χ2v) is 2.37. The predicted molar refractivity (Wildman–Crippen MR) is 44.3 cm³/mol. The van der Waals surface area contributed by atoms with Crippen LogP contribution in [0, 0.1) is 5.92 Å². The topological polar surface area (TPSA) is 24.7 Å². The van der Waals surface area contributed by atoms with E-state index in [9.17, 15) is 0 Å². The molecule has 0 aromatic carbocycles. The average Bonchev–Trinajstić information content (AvgIpc) is 1.96. The number of allylic oxidation sites excluding steroid dienone is 1. The van der Waals surface area contributed by atoms with Gasteiger partial charge in [-0.3, -0.25) is 4.99 Å². The minimum atomic E-state index is 0. The van der Waals surface area contributed by atoms with Crippen LogP contribution in [0.3, 0.4) is 0 Å². The fourth-order valence-corrected chi connectivity index (χ4v) is 0.737. The van der Waals surface area contributed by atoms with Gasteiger partial charge in [0.1, 0.15) is 5.84 Å². The molecule has 0 saturated carbocycles. The Morgan fingerprint density at radius 1 is 1.36 bits per heavy atom. The molecule has 0 N–H and O–H groups in total. The van der Waals surface area contributed by atoms with Crippen LogP contribution in [0.5, 0.6) is 0 Å². The average molecular weight is 142 g/mol. The van der Waals surface area contributed by atoms with Crippen LogP contribution in [0.4, 0.5) is 0 Å². The van der Waals surface area contributed by atoms with Crippen LogP contribution in [-0.2, 0) is 0 Å². The molecule has 0 atom stereocenters. The van der Waals surface area contributed by atoms with Gasteiger partial charge >= 0.3 is 18.9 Å². The molecular formula is C8H11LiN2. The van der Waals surface area contributed by atoms with Crippen molar-refractivity contribution in [3.63, 3.8) is 0 Å². The standard InChI is InChI=1S/C8H11N2.Li/c1-6-4-5-9-8(3)10-7(6)2;/h4-5H,1-3H3;/q-1;+1. The Balaban J connectivity index is 0.000001000. The van der Waals surface area contributed by atoms with Gasteiger partial charge in [-0.25, -0.2) is 6.08 Å². The smallest absolute Gasteiger partial charge is 0.339 e. The van der Waals surface area contributed by atoms with E-state index in [1.165, 1.54) is 5.92 Å². The molecule has 2 nitrogen and oxygen atoms in total. The second kappa shape index (κ2) is 4.43. The summed E-state index contributed by atoms with van der Waals surface area (Å²) in [5.74, 6) is 2.01. The molecule has 0 saturated heterocycles. The molecule has 1 heterocycles. The summed E-state index contributed by atoms with van der Waals surface area (Å²) in [6, 6.07) is 0. The number of hydrogen-bond acceptors (Lipinski definition) is 2. The Labute approximate surface area is 79.7 Å². The Kier molecular flexibility index (Phi) is 4.25. The molecule has 1 rings (SSSR count). The van der Waals surface area contributed by atoms with Crippen molar-refractivity contribution < 1.29 is 18.9 Å². The first kappa shape index (κ1) is 10.5. The summed E-state index contributed by atoms with van der Waals surface area (Å²) in [7, 11) is 0. The Morgan fingerprint density at radius 2 is 2.00 bits per heavy atom. The molecule has 0 spiro atoms. The van der Waals surface area contributed by atoms with E-state index in [-0.39, 0.29) is 18.9 Å². The zero-order valence-corrected chi connectivity index (χ0v) is 7.55. The van der Waals surface area contributed by atoms with Crippen LogP contribution in [0.2, 0.25) is 0 Å². The fraction of sp³-hybridized carbons (Fsp3) is 0.375. The van der Waals surface area contributed by atoms with Crippen LogP contribution in [0.1, 0.15) is 20.8 Å². The van der Waals surface area contributed by atoms with Crippen LogP contribution < -0.4 is 18.9 Å². The van der Waals surface area contributed by atoms with E-state index in [1.807, 2.05) is 26.8 Å². The minimum absolute atomic E-state index is 0. The van der Waals surface area contributed by atoms with Crippen molar-refractivity contribution in [1.82, 2.24) is 0 Å². The van der Waals surface area contributed by atoms with Crippen molar-refractivity contribution in [3.05, 3.63) is 18.2 Å². The third kappa shape index (κ3) is 2.96. The molecule has 0 amide bonds. The first-order valence-electron chi connectivity index (χ1n) is 3.30. The summed E-state index contributed by atoms with van der Waals surface area (Å²) in [6.07, 6.45) is 3.75. The summed E-state index contributed by atoms with van der Waals surface area (Å²) in [6.45, 7) is 5.92. The molecule has 1 aliphatic heterocycles. The molecule has 0 radical (unpaired) electrons. The quantitative estimate of drug-likeness (QED) is 0.306.